The van der Waals surface area contributed by atoms with Crippen LogP contribution >= 0.6 is 0 Å². The van der Waals surface area contributed by atoms with E-state index in [4.69, 9.17) is 14.2 Å². The number of aliphatic hydroxyl groups is 1. The van der Waals surface area contributed by atoms with Crippen LogP contribution in [0, 0.1) is 0 Å². The van der Waals surface area contributed by atoms with Crippen LogP contribution in [0.25, 0.3) is 11.1 Å². The number of hydrogen-bond donors (Lipinski definition) is 2. The van der Waals surface area contributed by atoms with Crippen LogP contribution < -0.4 is 5.32 Å². The van der Waals surface area contributed by atoms with Crippen molar-refractivity contribution in [3.8, 4) is 11.1 Å². The Morgan fingerprint density at radius 2 is 1.33 bits per heavy atom. The van der Waals surface area contributed by atoms with Crippen molar-refractivity contribution in [2.45, 2.75) is 89.4 Å². The maximum absolute atomic E-state index is 13.0. The molecule has 2 atom stereocenters. The zero-order chi connectivity index (χ0) is 30.3. The molecule has 0 aliphatic heterocycles. The fourth-order valence-corrected chi connectivity index (χ4v) is 5.64. The molecule has 1 aliphatic carbocycles. The van der Waals surface area contributed by atoms with E-state index in [0.29, 0.717) is 6.42 Å². The zero-order valence-corrected chi connectivity index (χ0v) is 25.2. The highest BCUT2D eigenvalue weighted by atomic mass is 16.7. The first-order valence-electron chi connectivity index (χ1n) is 15.7. The molecule has 0 heterocycles. The van der Waals surface area contributed by atoms with E-state index in [1.807, 2.05) is 54.6 Å². The fraction of sp³-hybridized carbons (Fsp3) is 0.444. The van der Waals surface area contributed by atoms with Gasteiger partial charge in [0, 0.05) is 5.92 Å². The Balaban J connectivity index is 1.29. The quantitative estimate of drug-likeness (QED) is 0.122. The van der Waals surface area contributed by atoms with E-state index in [2.05, 4.69) is 36.5 Å². The predicted molar refractivity (Wildman–Crippen MR) is 168 cm³/mol. The summed E-state index contributed by atoms with van der Waals surface area (Å²) in [6, 6.07) is 24.8. The summed E-state index contributed by atoms with van der Waals surface area (Å²) in [5.41, 5.74) is 5.36. The largest absolute Gasteiger partial charge is 0.508 e. The van der Waals surface area contributed by atoms with Crippen LogP contribution in [0.1, 0.15) is 87.3 Å². The topological polar surface area (TPSA) is 94.1 Å². The number of alkyl carbamates (subject to hydrolysis) is 1. The number of rotatable bonds is 17. The molecule has 4 rings (SSSR count). The number of hydrogen-bond acceptors (Lipinski definition) is 6. The lowest BCUT2D eigenvalue weighted by molar-refractivity contribution is 0.0206. The first-order valence-corrected chi connectivity index (χ1v) is 15.7. The number of aliphatic hydroxyl groups excluding tert-OH is 1. The molecule has 0 saturated heterocycles. The molecule has 1 aliphatic rings. The lowest BCUT2D eigenvalue weighted by Gasteiger charge is -2.24. The van der Waals surface area contributed by atoms with Gasteiger partial charge in [-0.25, -0.2) is 9.59 Å². The smallest absolute Gasteiger partial charge is 0.449 e. The third-order valence-corrected chi connectivity index (χ3v) is 8.05. The monoisotopic (exact) mass is 587 g/mol. The molecule has 3 aromatic rings. The van der Waals surface area contributed by atoms with Crippen molar-refractivity contribution < 1.29 is 28.9 Å². The zero-order valence-electron chi connectivity index (χ0n) is 25.2. The number of unbranched alkanes of at least 4 members (excludes halogenated alkanes) is 7. The number of fused-ring (bicyclic) bond motifs is 3. The van der Waals surface area contributed by atoms with Crippen LogP contribution in [-0.4, -0.2) is 42.7 Å². The van der Waals surface area contributed by atoms with Gasteiger partial charge in [-0.05, 0) is 34.2 Å². The number of amides is 1. The first-order chi connectivity index (χ1) is 21.1. The highest BCUT2D eigenvalue weighted by Crippen LogP contribution is 2.44. The molecule has 0 radical (unpaired) electrons. The lowest BCUT2D eigenvalue weighted by atomic mass is 9.98. The maximum atomic E-state index is 13.0. The molecule has 0 spiro atoms. The van der Waals surface area contributed by atoms with Crippen molar-refractivity contribution in [2.24, 2.45) is 0 Å². The minimum atomic E-state index is -0.900. The average molecular weight is 588 g/mol. The molecule has 0 bridgehead atoms. The summed E-state index contributed by atoms with van der Waals surface area (Å²) in [7, 11) is 0. The molecule has 7 nitrogen and oxygen atoms in total. The Morgan fingerprint density at radius 1 is 0.744 bits per heavy atom. The molecule has 7 heteroatoms. The summed E-state index contributed by atoms with van der Waals surface area (Å²) in [5, 5.41) is 13.7. The molecule has 43 heavy (non-hydrogen) atoms. The van der Waals surface area contributed by atoms with Gasteiger partial charge >= 0.3 is 12.2 Å². The van der Waals surface area contributed by atoms with E-state index in [-0.39, 0.29) is 25.7 Å². The normalized spacial score (nSPS) is 13.4. The second-order valence-corrected chi connectivity index (χ2v) is 11.2. The van der Waals surface area contributed by atoms with Crippen LogP contribution in [0.2, 0.25) is 0 Å². The van der Waals surface area contributed by atoms with Crippen molar-refractivity contribution >= 4 is 12.2 Å². The summed E-state index contributed by atoms with van der Waals surface area (Å²) in [6.45, 7) is 2.21. The molecule has 0 aromatic heterocycles. The van der Waals surface area contributed by atoms with E-state index in [9.17, 15) is 14.7 Å². The summed E-state index contributed by atoms with van der Waals surface area (Å²) in [4.78, 5) is 25.3. The molecule has 230 valence electrons. The second kappa shape index (κ2) is 17.3. The van der Waals surface area contributed by atoms with Crippen molar-refractivity contribution in [2.75, 3.05) is 13.2 Å². The van der Waals surface area contributed by atoms with Crippen molar-refractivity contribution in [1.82, 2.24) is 5.32 Å². The van der Waals surface area contributed by atoms with E-state index in [1.54, 1.807) is 0 Å². The minimum absolute atomic E-state index is 0.0744. The Hall–Kier alpha value is -3.84. The Kier molecular flexibility index (Phi) is 12.9. The maximum Gasteiger partial charge on any atom is 0.508 e. The van der Waals surface area contributed by atoms with Crippen LogP contribution in [0.4, 0.5) is 9.59 Å². The van der Waals surface area contributed by atoms with Gasteiger partial charge in [-0.1, -0.05) is 137 Å². The third-order valence-electron chi connectivity index (χ3n) is 8.05. The molecule has 0 unspecified atom stereocenters. The SMILES string of the molecule is CCCCCCCCCC[C@@H](O)[C@@H](COC(=O)OCc1ccccc1)NC(=O)OCC1c2ccccc2-c2ccccc21. The van der Waals surface area contributed by atoms with E-state index in [1.165, 1.54) is 32.1 Å². The molecule has 2 N–H and O–H groups in total. The fourth-order valence-electron chi connectivity index (χ4n) is 5.64. The molecule has 1 amide bonds. The van der Waals surface area contributed by atoms with E-state index in [0.717, 1.165) is 47.1 Å². The van der Waals surface area contributed by atoms with Gasteiger partial charge in [0.1, 0.15) is 19.8 Å². The third kappa shape index (κ3) is 9.85. The average Bonchev–Trinajstić information content (AvgIpc) is 3.36. The number of carbonyl (C=O) groups excluding carboxylic acids is 2. The van der Waals surface area contributed by atoms with Gasteiger partial charge in [0.15, 0.2) is 0 Å². The van der Waals surface area contributed by atoms with E-state index >= 15 is 0 Å². The van der Waals surface area contributed by atoms with Crippen LogP contribution in [0.5, 0.6) is 0 Å². The number of benzene rings is 3. The van der Waals surface area contributed by atoms with Crippen molar-refractivity contribution in [3.63, 3.8) is 0 Å². The highest BCUT2D eigenvalue weighted by molar-refractivity contribution is 5.79. The lowest BCUT2D eigenvalue weighted by Crippen LogP contribution is -2.47. The molecule has 0 saturated carbocycles. The van der Waals surface area contributed by atoms with Gasteiger partial charge in [0.05, 0.1) is 12.1 Å². The van der Waals surface area contributed by atoms with Crippen molar-refractivity contribution in [3.05, 3.63) is 95.6 Å². The van der Waals surface area contributed by atoms with E-state index < -0.39 is 24.4 Å². The van der Waals surface area contributed by atoms with Crippen LogP contribution in [0.15, 0.2) is 78.9 Å². The predicted octanol–water partition coefficient (Wildman–Crippen LogP) is 8.14. The standard InChI is InChI=1S/C36H45NO6/c1-2-3-4-5-6-7-8-12-23-34(38)33(26-43-36(40)42-24-27-17-10-9-11-18-27)37-35(39)41-25-32-30-21-15-13-19-28(30)29-20-14-16-22-31(29)32/h9-11,13-22,32-34,38H,2-8,12,23-26H2,1H3,(H,37,39)/t33-,34-/m1/s1. The van der Waals surface area contributed by atoms with Crippen molar-refractivity contribution in [1.29, 1.82) is 0 Å². The van der Waals surface area contributed by atoms with Gasteiger partial charge in [0.2, 0.25) is 0 Å². The highest BCUT2D eigenvalue weighted by Gasteiger charge is 2.30. The molecular weight excluding hydrogens is 542 g/mol. The van der Waals surface area contributed by atoms with Crippen LogP contribution in [-0.2, 0) is 20.8 Å². The Morgan fingerprint density at radius 3 is 1.98 bits per heavy atom. The minimum Gasteiger partial charge on any atom is -0.449 e. The molecule has 3 aromatic carbocycles. The number of ether oxygens (including phenoxy) is 3. The molecule has 0 fully saturated rings. The summed E-state index contributed by atoms with van der Waals surface area (Å²) >= 11 is 0. The Bertz CT molecular complexity index is 1230. The summed E-state index contributed by atoms with van der Waals surface area (Å²) in [6.07, 6.45) is 7.18. The summed E-state index contributed by atoms with van der Waals surface area (Å²) in [5.74, 6) is -0.0805. The van der Waals surface area contributed by atoms with Gasteiger partial charge in [0.25, 0.3) is 0 Å². The molecular formula is C36H45NO6. The first kappa shape index (κ1) is 32.1. The number of nitrogens with one attached hydrogen (secondary N) is 1. The van der Waals surface area contributed by atoms with Gasteiger partial charge in [-0.2, -0.15) is 0 Å². The summed E-state index contributed by atoms with van der Waals surface area (Å²) < 4.78 is 16.2. The number of carbonyl (C=O) groups is 2. The van der Waals surface area contributed by atoms with Gasteiger partial charge in [-0.15, -0.1) is 0 Å². The van der Waals surface area contributed by atoms with Gasteiger partial charge in [-0.3, -0.25) is 0 Å². The Labute approximate surface area is 255 Å². The second-order valence-electron chi connectivity index (χ2n) is 11.2. The van der Waals surface area contributed by atoms with Gasteiger partial charge < -0.3 is 24.6 Å². The van der Waals surface area contributed by atoms with Crippen LogP contribution in [0.3, 0.4) is 0 Å².